The van der Waals surface area contributed by atoms with Crippen LogP contribution in [0, 0.1) is 5.92 Å². The molecule has 0 N–H and O–H groups in total. The molecule has 0 spiro atoms. The van der Waals surface area contributed by atoms with Crippen LogP contribution in [0.3, 0.4) is 0 Å². The van der Waals surface area contributed by atoms with Gasteiger partial charge < -0.3 is 4.90 Å². The molecule has 1 aliphatic heterocycles. The summed E-state index contributed by atoms with van der Waals surface area (Å²) in [5, 5.41) is 0. The van der Waals surface area contributed by atoms with E-state index in [0.717, 1.165) is 30.4 Å². The third-order valence-electron chi connectivity index (χ3n) is 3.41. The summed E-state index contributed by atoms with van der Waals surface area (Å²) in [7, 11) is 0. The van der Waals surface area contributed by atoms with Crippen LogP contribution in [0.25, 0.3) is 0 Å². The fourth-order valence-electron chi connectivity index (χ4n) is 2.17. The molecule has 1 unspecified atom stereocenters. The minimum absolute atomic E-state index is 0.296. The Kier molecular flexibility index (Phi) is 4.21. The molecular formula is C14H18BrNO. The molecule has 0 saturated carbocycles. The Morgan fingerprint density at radius 1 is 1.35 bits per heavy atom. The molecule has 92 valence electrons. The molecule has 1 aliphatic rings. The van der Waals surface area contributed by atoms with Crippen LogP contribution in [0.1, 0.15) is 31.7 Å². The van der Waals surface area contributed by atoms with Crippen molar-refractivity contribution in [2.45, 2.75) is 32.7 Å². The van der Waals surface area contributed by atoms with Crippen molar-refractivity contribution in [2.75, 3.05) is 6.54 Å². The highest BCUT2D eigenvalue weighted by Crippen LogP contribution is 2.22. The summed E-state index contributed by atoms with van der Waals surface area (Å²) in [6.07, 6.45) is 2.85. The first-order chi connectivity index (χ1) is 8.16. The number of hydrogen-bond acceptors (Lipinski definition) is 1. The number of rotatable bonds is 2. The summed E-state index contributed by atoms with van der Waals surface area (Å²) in [6.45, 7) is 3.85. The molecule has 1 fully saturated rings. The average Bonchev–Trinajstić information content (AvgIpc) is 2.47. The van der Waals surface area contributed by atoms with Gasteiger partial charge in [-0.15, -0.1) is 0 Å². The Morgan fingerprint density at radius 2 is 2.12 bits per heavy atom. The lowest BCUT2D eigenvalue weighted by Gasteiger charge is -2.21. The molecule has 0 aliphatic carbocycles. The number of likely N-dealkylation sites (tertiary alicyclic amines) is 1. The number of halogens is 1. The van der Waals surface area contributed by atoms with Crippen LogP contribution in [-0.2, 0) is 11.3 Å². The zero-order chi connectivity index (χ0) is 12.3. The second kappa shape index (κ2) is 5.67. The molecule has 1 saturated heterocycles. The van der Waals surface area contributed by atoms with Crippen molar-refractivity contribution in [2.24, 2.45) is 5.92 Å². The van der Waals surface area contributed by atoms with E-state index in [1.807, 2.05) is 23.1 Å². The first-order valence-electron chi connectivity index (χ1n) is 6.18. The molecule has 17 heavy (non-hydrogen) atoms. The molecule has 1 heterocycles. The third-order valence-corrected chi connectivity index (χ3v) is 4.19. The molecule has 1 atom stereocenters. The lowest BCUT2D eigenvalue weighted by atomic mass is 10.0. The van der Waals surface area contributed by atoms with E-state index >= 15 is 0 Å². The number of amides is 1. The van der Waals surface area contributed by atoms with Crippen LogP contribution in [0.2, 0.25) is 0 Å². The quantitative estimate of drug-likeness (QED) is 0.816. The summed E-state index contributed by atoms with van der Waals surface area (Å²) in [4.78, 5) is 14.0. The number of carbonyl (C=O) groups excluding carboxylic acids is 1. The summed E-state index contributed by atoms with van der Waals surface area (Å²) >= 11 is 3.54. The minimum Gasteiger partial charge on any atom is -0.338 e. The van der Waals surface area contributed by atoms with Crippen molar-refractivity contribution in [1.29, 1.82) is 0 Å². The zero-order valence-corrected chi connectivity index (χ0v) is 11.7. The smallest absolute Gasteiger partial charge is 0.222 e. The van der Waals surface area contributed by atoms with Gasteiger partial charge in [0.05, 0.1) is 0 Å². The predicted molar refractivity (Wildman–Crippen MR) is 72.6 cm³/mol. The SMILES string of the molecule is CC1CCC(=O)N(Cc2ccccc2Br)CC1. The molecule has 1 amide bonds. The van der Waals surface area contributed by atoms with Crippen molar-refractivity contribution in [3.05, 3.63) is 34.3 Å². The maximum atomic E-state index is 12.0. The van der Waals surface area contributed by atoms with Crippen LogP contribution in [-0.4, -0.2) is 17.4 Å². The fraction of sp³-hybridized carbons (Fsp3) is 0.500. The van der Waals surface area contributed by atoms with E-state index in [0.29, 0.717) is 18.2 Å². The van der Waals surface area contributed by atoms with E-state index in [-0.39, 0.29) is 0 Å². The normalized spacial score (nSPS) is 21.4. The highest BCUT2D eigenvalue weighted by molar-refractivity contribution is 9.10. The largest absolute Gasteiger partial charge is 0.338 e. The van der Waals surface area contributed by atoms with Gasteiger partial charge in [0.15, 0.2) is 0 Å². The highest BCUT2D eigenvalue weighted by atomic mass is 79.9. The molecule has 0 bridgehead atoms. The second-order valence-corrected chi connectivity index (χ2v) is 5.69. The summed E-state index contributed by atoms with van der Waals surface area (Å²) in [5.74, 6) is 0.966. The monoisotopic (exact) mass is 295 g/mol. The van der Waals surface area contributed by atoms with Crippen LogP contribution in [0.15, 0.2) is 28.7 Å². The first kappa shape index (κ1) is 12.6. The van der Waals surface area contributed by atoms with Crippen LogP contribution < -0.4 is 0 Å². The lowest BCUT2D eigenvalue weighted by Crippen LogP contribution is -2.29. The molecule has 1 aromatic rings. The average molecular weight is 296 g/mol. The van der Waals surface area contributed by atoms with E-state index in [1.165, 1.54) is 5.56 Å². The maximum absolute atomic E-state index is 12.0. The maximum Gasteiger partial charge on any atom is 0.222 e. The zero-order valence-electron chi connectivity index (χ0n) is 10.2. The Labute approximate surface area is 111 Å². The van der Waals surface area contributed by atoms with Gasteiger partial charge in [0.2, 0.25) is 5.91 Å². The van der Waals surface area contributed by atoms with E-state index in [2.05, 4.69) is 28.9 Å². The molecule has 1 aromatic carbocycles. The van der Waals surface area contributed by atoms with Gasteiger partial charge in [0, 0.05) is 24.0 Å². The Hall–Kier alpha value is -0.830. The van der Waals surface area contributed by atoms with Gasteiger partial charge in [-0.3, -0.25) is 4.79 Å². The molecule has 3 heteroatoms. The van der Waals surface area contributed by atoms with Gasteiger partial charge in [-0.25, -0.2) is 0 Å². The van der Waals surface area contributed by atoms with E-state index in [1.54, 1.807) is 0 Å². The van der Waals surface area contributed by atoms with Crippen molar-refractivity contribution in [1.82, 2.24) is 4.90 Å². The summed E-state index contributed by atoms with van der Waals surface area (Å²) in [6, 6.07) is 8.12. The van der Waals surface area contributed by atoms with Crippen molar-refractivity contribution < 1.29 is 4.79 Å². The Bertz CT molecular complexity index is 405. The number of benzene rings is 1. The van der Waals surface area contributed by atoms with E-state index in [4.69, 9.17) is 0 Å². The summed E-state index contributed by atoms with van der Waals surface area (Å²) < 4.78 is 1.09. The third kappa shape index (κ3) is 3.32. The highest BCUT2D eigenvalue weighted by Gasteiger charge is 2.20. The fourth-order valence-corrected chi connectivity index (χ4v) is 2.58. The van der Waals surface area contributed by atoms with Crippen LogP contribution >= 0.6 is 15.9 Å². The molecule has 2 rings (SSSR count). The lowest BCUT2D eigenvalue weighted by molar-refractivity contribution is -0.131. The number of carbonyl (C=O) groups is 1. The van der Waals surface area contributed by atoms with E-state index < -0.39 is 0 Å². The van der Waals surface area contributed by atoms with Gasteiger partial charge in [-0.2, -0.15) is 0 Å². The van der Waals surface area contributed by atoms with Gasteiger partial charge in [0.25, 0.3) is 0 Å². The van der Waals surface area contributed by atoms with Gasteiger partial charge in [-0.05, 0) is 30.4 Å². The Morgan fingerprint density at radius 3 is 2.88 bits per heavy atom. The minimum atomic E-state index is 0.296. The molecule has 2 nitrogen and oxygen atoms in total. The van der Waals surface area contributed by atoms with Gasteiger partial charge >= 0.3 is 0 Å². The van der Waals surface area contributed by atoms with Crippen LogP contribution in [0.4, 0.5) is 0 Å². The van der Waals surface area contributed by atoms with Crippen molar-refractivity contribution in [3.63, 3.8) is 0 Å². The summed E-state index contributed by atoms with van der Waals surface area (Å²) in [5.41, 5.74) is 1.19. The molecule has 0 aromatic heterocycles. The molecule has 0 radical (unpaired) electrons. The van der Waals surface area contributed by atoms with Gasteiger partial charge in [-0.1, -0.05) is 41.1 Å². The first-order valence-corrected chi connectivity index (χ1v) is 6.97. The predicted octanol–water partition coefficient (Wildman–Crippen LogP) is 3.60. The van der Waals surface area contributed by atoms with Crippen molar-refractivity contribution >= 4 is 21.8 Å². The number of hydrogen-bond donors (Lipinski definition) is 0. The Balaban J connectivity index is 2.07. The van der Waals surface area contributed by atoms with Gasteiger partial charge in [0.1, 0.15) is 0 Å². The second-order valence-electron chi connectivity index (χ2n) is 4.84. The van der Waals surface area contributed by atoms with Crippen LogP contribution in [0.5, 0.6) is 0 Å². The standard InChI is InChI=1S/C14H18BrNO/c1-11-6-7-14(17)16(9-8-11)10-12-4-2-3-5-13(12)15/h2-5,11H,6-10H2,1H3. The topological polar surface area (TPSA) is 20.3 Å². The number of nitrogens with zero attached hydrogens (tertiary/aromatic N) is 1. The van der Waals surface area contributed by atoms with E-state index in [9.17, 15) is 4.79 Å². The van der Waals surface area contributed by atoms with Crippen molar-refractivity contribution in [3.8, 4) is 0 Å². The molecular weight excluding hydrogens is 278 g/mol.